The molecular formula is C19H26N4O5S2. The lowest BCUT2D eigenvalue weighted by Gasteiger charge is -2.30. The molecule has 30 heavy (non-hydrogen) atoms. The van der Waals surface area contributed by atoms with Gasteiger partial charge in [0.15, 0.2) is 0 Å². The van der Waals surface area contributed by atoms with E-state index in [1.165, 1.54) is 12.1 Å². The molecule has 0 aliphatic heterocycles. The Balaban J connectivity index is 2.19. The molecule has 11 heteroatoms. The van der Waals surface area contributed by atoms with Crippen molar-refractivity contribution in [3.63, 3.8) is 0 Å². The van der Waals surface area contributed by atoms with Gasteiger partial charge in [0.2, 0.25) is 10.0 Å². The number of thioether (sulfide) groups is 1. The minimum absolute atomic E-state index is 0.00444. The third-order valence-electron chi connectivity index (χ3n) is 4.41. The number of primary sulfonamides is 1. The van der Waals surface area contributed by atoms with Crippen LogP contribution in [0.25, 0.3) is 0 Å². The fourth-order valence-corrected chi connectivity index (χ4v) is 4.70. The molecular weight excluding hydrogens is 428 g/mol. The lowest BCUT2D eigenvalue weighted by atomic mass is 10.2. The minimum atomic E-state index is -4.04. The third kappa shape index (κ3) is 6.96. The van der Waals surface area contributed by atoms with Gasteiger partial charge in [-0.25, -0.2) is 13.6 Å². The number of nitro groups is 1. The lowest BCUT2D eigenvalue weighted by molar-refractivity contribution is -0.384. The van der Waals surface area contributed by atoms with Crippen LogP contribution in [0, 0.1) is 10.1 Å². The zero-order valence-electron chi connectivity index (χ0n) is 16.8. The van der Waals surface area contributed by atoms with Gasteiger partial charge in [-0.3, -0.25) is 15.0 Å². The number of anilines is 1. The van der Waals surface area contributed by atoms with Crippen molar-refractivity contribution in [3.05, 3.63) is 58.6 Å². The predicted molar refractivity (Wildman–Crippen MR) is 118 cm³/mol. The Bertz CT molecular complexity index is 957. The number of likely N-dealkylation sites (N-methyl/N-ethyl adjacent to an activating group) is 1. The molecule has 0 saturated heterocycles. The molecule has 0 unspecified atom stereocenters. The molecule has 0 fully saturated rings. The summed E-state index contributed by atoms with van der Waals surface area (Å²) in [6.07, 6.45) is 0.615. The minimum Gasteiger partial charge on any atom is -0.395 e. The zero-order valence-corrected chi connectivity index (χ0v) is 18.4. The molecule has 0 aliphatic carbocycles. The van der Waals surface area contributed by atoms with Gasteiger partial charge in [-0.05, 0) is 44.7 Å². The second-order valence-corrected chi connectivity index (χ2v) is 9.66. The summed E-state index contributed by atoms with van der Waals surface area (Å²) in [6, 6.07) is 13.2. The molecule has 4 N–H and O–H groups in total. The maximum Gasteiger partial charge on any atom is 0.293 e. The van der Waals surface area contributed by atoms with Crippen molar-refractivity contribution in [2.24, 2.45) is 5.14 Å². The molecule has 2 aromatic rings. The van der Waals surface area contributed by atoms with Crippen molar-refractivity contribution in [3.8, 4) is 0 Å². The van der Waals surface area contributed by atoms with E-state index in [2.05, 4.69) is 5.32 Å². The van der Waals surface area contributed by atoms with Crippen molar-refractivity contribution in [1.82, 2.24) is 4.90 Å². The Morgan fingerprint density at radius 2 is 1.93 bits per heavy atom. The summed E-state index contributed by atoms with van der Waals surface area (Å²) >= 11 is 1.64. The summed E-state index contributed by atoms with van der Waals surface area (Å²) in [7, 11) is -2.13. The van der Waals surface area contributed by atoms with Crippen LogP contribution in [0.1, 0.15) is 13.3 Å². The van der Waals surface area contributed by atoms with E-state index >= 15 is 0 Å². The molecule has 0 saturated carbocycles. The molecule has 0 spiro atoms. The summed E-state index contributed by atoms with van der Waals surface area (Å²) in [4.78, 5) is 13.6. The Morgan fingerprint density at radius 1 is 1.27 bits per heavy atom. The summed E-state index contributed by atoms with van der Waals surface area (Å²) in [6.45, 7) is 2.40. The van der Waals surface area contributed by atoms with Crippen LogP contribution < -0.4 is 10.5 Å². The molecule has 164 valence electrons. The Hall–Kier alpha value is -2.18. The average Bonchev–Trinajstić information content (AvgIpc) is 2.67. The number of aliphatic hydroxyl groups is 1. The van der Waals surface area contributed by atoms with Crippen LogP contribution in [0.5, 0.6) is 0 Å². The van der Waals surface area contributed by atoms with Gasteiger partial charge in [0, 0.05) is 23.5 Å². The quantitative estimate of drug-likeness (QED) is 0.204. The zero-order chi connectivity index (χ0) is 22.3. The predicted octanol–water partition coefficient (Wildman–Crippen LogP) is 2.48. The first-order valence-electron chi connectivity index (χ1n) is 9.22. The van der Waals surface area contributed by atoms with Crippen molar-refractivity contribution < 1.29 is 18.4 Å². The van der Waals surface area contributed by atoms with Gasteiger partial charge < -0.3 is 10.4 Å². The summed E-state index contributed by atoms with van der Waals surface area (Å²) in [5, 5.41) is 28.9. The number of nitrogens with zero attached hydrogens (tertiary/aromatic N) is 2. The van der Waals surface area contributed by atoms with Crippen molar-refractivity contribution >= 4 is 33.2 Å². The van der Waals surface area contributed by atoms with Crippen LogP contribution in [0.2, 0.25) is 0 Å². The highest BCUT2D eigenvalue weighted by Gasteiger charge is 2.23. The molecule has 0 heterocycles. The van der Waals surface area contributed by atoms with Crippen LogP contribution >= 0.6 is 11.8 Å². The van der Waals surface area contributed by atoms with Gasteiger partial charge >= 0.3 is 0 Å². The van der Waals surface area contributed by atoms with Crippen molar-refractivity contribution in [2.45, 2.75) is 34.6 Å². The van der Waals surface area contributed by atoms with Gasteiger partial charge in [-0.15, -0.1) is 11.8 Å². The fourth-order valence-electron chi connectivity index (χ4n) is 2.86. The van der Waals surface area contributed by atoms with E-state index in [1.807, 2.05) is 49.2 Å². The Labute approximate surface area is 180 Å². The van der Waals surface area contributed by atoms with E-state index in [9.17, 15) is 23.6 Å². The molecule has 0 aromatic heterocycles. The van der Waals surface area contributed by atoms with Gasteiger partial charge in [-0.2, -0.15) is 0 Å². The highest BCUT2D eigenvalue weighted by atomic mass is 32.2. The Kier molecular flexibility index (Phi) is 8.62. The van der Waals surface area contributed by atoms with Crippen molar-refractivity contribution in [1.29, 1.82) is 0 Å². The Morgan fingerprint density at radius 3 is 2.50 bits per heavy atom. The third-order valence-corrected chi connectivity index (χ3v) is 6.69. The van der Waals surface area contributed by atoms with Crippen LogP contribution in [-0.2, 0) is 10.0 Å². The molecule has 0 amide bonds. The number of benzene rings is 2. The maximum absolute atomic E-state index is 11.5. The van der Waals surface area contributed by atoms with Gasteiger partial charge in [-0.1, -0.05) is 18.2 Å². The molecule has 9 nitrogen and oxygen atoms in total. The summed E-state index contributed by atoms with van der Waals surface area (Å²) < 4.78 is 23.0. The van der Waals surface area contributed by atoms with Crippen LogP contribution in [0.3, 0.4) is 0 Å². The van der Waals surface area contributed by atoms with E-state index in [0.29, 0.717) is 13.0 Å². The molecule has 0 aliphatic rings. The second-order valence-electron chi connectivity index (χ2n) is 6.85. The van der Waals surface area contributed by atoms with Gasteiger partial charge in [0.05, 0.1) is 21.8 Å². The largest absolute Gasteiger partial charge is 0.395 e. The maximum atomic E-state index is 11.5. The first kappa shape index (κ1) is 24.1. The van der Waals surface area contributed by atoms with E-state index in [0.717, 1.165) is 11.0 Å². The smallest absolute Gasteiger partial charge is 0.293 e. The molecule has 2 aromatic carbocycles. The van der Waals surface area contributed by atoms with Crippen LogP contribution in [-0.4, -0.2) is 55.0 Å². The summed E-state index contributed by atoms with van der Waals surface area (Å²) in [5.41, 5.74) is -0.141. The number of sulfonamides is 1. The SMILES string of the molecule is C[C@H](C[C@H](Sc1ccccc1)N(C)CCO)Nc1ccc(S(N)(=O)=O)cc1[N+](=O)[O-]. The van der Waals surface area contributed by atoms with E-state index in [4.69, 9.17) is 5.14 Å². The average molecular weight is 455 g/mol. The van der Waals surface area contributed by atoms with Gasteiger partial charge in [0.25, 0.3) is 5.69 Å². The van der Waals surface area contributed by atoms with E-state index in [-0.39, 0.29) is 34.3 Å². The number of nitrogens with two attached hydrogens (primary N) is 1. The number of hydrogen-bond acceptors (Lipinski definition) is 8. The normalized spacial score (nSPS) is 13.8. The fraction of sp³-hybridized carbons (Fsp3) is 0.368. The van der Waals surface area contributed by atoms with Crippen LogP contribution in [0.15, 0.2) is 58.3 Å². The number of nitrogens with one attached hydrogen (secondary N) is 1. The van der Waals surface area contributed by atoms with Gasteiger partial charge in [0.1, 0.15) is 5.69 Å². The van der Waals surface area contributed by atoms with E-state index < -0.39 is 14.9 Å². The highest BCUT2D eigenvalue weighted by Crippen LogP contribution is 2.31. The number of rotatable bonds is 11. The molecule has 2 rings (SSSR count). The van der Waals surface area contributed by atoms with Crippen molar-refractivity contribution in [2.75, 3.05) is 25.5 Å². The monoisotopic (exact) mass is 454 g/mol. The standard InChI is InChI=1S/C19H26N4O5S2/c1-14(12-19(22(2)10-11-24)29-15-6-4-3-5-7-15)21-17-9-8-16(30(20,27)28)13-18(17)23(25)26/h3-9,13-14,19,21,24H,10-12H2,1-2H3,(H2,20,27,28)/t14-,19+/m1/s1. The number of hydrogen-bond donors (Lipinski definition) is 3. The topological polar surface area (TPSA) is 139 Å². The second kappa shape index (κ2) is 10.7. The first-order valence-corrected chi connectivity index (χ1v) is 11.6. The number of nitro benzene ring substituents is 1. The summed E-state index contributed by atoms with van der Waals surface area (Å²) in [5.74, 6) is 0. The molecule has 0 bridgehead atoms. The molecule has 0 radical (unpaired) electrons. The lowest BCUT2D eigenvalue weighted by Crippen LogP contribution is -2.35. The highest BCUT2D eigenvalue weighted by molar-refractivity contribution is 7.99. The number of aliphatic hydroxyl groups excluding tert-OH is 1. The van der Waals surface area contributed by atoms with E-state index in [1.54, 1.807) is 11.8 Å². The molecule has 2 atom stereocenters. The first-order chi connectivity index (χ1) is 14.1. The van der Waals surface area contributed by atoms with Crippen LogP contribution in [0.4, 0.5) is 11.4 Å².